The fraction of sp³-hybridized carbons (Fsp3) is 0.500. The van der Waals surface area contributed by atoms with Gasteiger partial charge < -0.3 is 40.9 Å². The maximum atomic E-state index is 13.1. The molecule has 22 nitrogen and oxygen atoms in total. The van der Waals surface area contributed by atoms with E-state index in [9.17, 15) is 29.1 Å². The van der Waals surface area contributed by atoms with Crippen molar-refractivity contribution in [1.29, 1.82) is 0 Å². The van der Waals surface area contributed by atoms with Crippen LogP contribution in [0.1, 0.15) is 12.5 Å². The number of nitrogen functional groups attached to an aromatic ring is 2. The second kappa shape index (κ2) is 10.7. The van der Waals surface area contributed by atoms with Crippen LogP contribution in [-0.4, -0.2) is 109 Å². The van der Waals surface area contributed by atoms with E-state index >= 15 is 0 Å². The van der Waals surface area contributed by atoms with Crippen LogP contribution in [0.25, 0.3) is 22.3 Å². The van der Waals surface area contributed by atoms with Gasteiger partial charge in [-0.2, -0.15) is 0 Å². The van der Waals surface area contributed by atoms with Crippen LogP contribution >= 0.6 is 15.6 Å². The average molecular weight is 658 g/mol. The standard InChI is InChI=1S/C20H24N10O12P2/c21-15-9-17(25-3-23-15)29(5-27-9)19-11(31)13-7(39-19)1-37-43(33,34)42-14-8(2-38-44(35,36)41-13)40-20(12(14)32)30-6-28-10-16(22)24-4-26-18(10)30/h3-8,11-14,19-20,31-32H,1-2H2,(H,33,34)(H,35,36)(H2,21,23,25)(H2,22,24,26)/t7-,8-,11-,12?,13+,14+,19+,20+/m0/s1. The maximum Gasteiger partial charge on any atom is 0.472 e. The molecular weight excluding hydrogens is 634 g/mol. The lowest BCUT2D eigenvalue weighted by Crippen LogP contribution is -2.39. The Balaban J connectivity index is 1.17. The minimum atomic E-state index is -5.00. The predicted molar refractivity (Wildman–Crippen MR) is 141 cm³/mol. The summed E-state index contributed by atoms with van der Waals surface area (Å²) in [5.74, 6) is 0.101. The topological polar surface area (TPSA) is 310 Å². The monoisotopic (exact) mass is 658 g/mol. The van der Waals surface area contributed by atoms with Crippen molar-refractivity contribution < 1.29 is 56.7 Å². The van der Waals surface area contributed by atoms with Gasteiger partial charge in [-0.05, 0) is 0 Å². The number of hydrogen-bond donors (Lipinski definition) is 6. The van der Waals surface area contributed by atoms with E-state index in [1.165, 1.54) is 21.8 Å². The number of hydrogen-bond acceptors (Lipinski definition) is 18. The van der Waals surface area contributed by atoms with Gasteiger partial charge in [0, 0.05) is 0 Å². The van der Waals surface area contributed by atoms with E-state index in [2.05, 4.69) is 29.9 Å². The Kier molecular flexibility index (Phi) is 7.16. The molecule has 7 heterocycles. The molecule has 4 aromatic rings. The molecule has 0 spiro atoms. The number of rotatable bonds is 2. The number of phosphoric acid groups is 2. The summed E-state index contributed by atoms with van der Waals surface area (Å²) in [5.41, 5.74) is 12.4. The van der Waals surface area contributed by atoms with Crippen LogP contribution in [0, 0.1) is 0 Å². The third kappa shape index (κ3) is 5.04. The van der Waals surface area contributed by atoms with Crippen LogP contribution in [-0.2, 0) is 36.7 Å². The van der Waals surface area contributed by atoms with E-state index in [1.54, 1.807) is 0 Å². The zero-order valence-corrected chi connectivity index (χ0v) is 23.8. The number of imidazole rings is 2. The molecule has 4 aromatic heterocycles. The minimum absolute atomic E-state index is 0.0507. The van der Waals surface area contributed by atoms with Crippen molar-refractivity contribution in [3.8, 4) is 0 Å². The first kappa shape index (κ1) is 29.5. The number of nitrogens with zero attached hydrogens (tertiary/aromatic N) is 8. The Hall–Kier alpha value is -3.24. The number of aliphatic hydroxyl groups is 2. The summed E-state index contributed by atoms with van der Waals surface area (Å²) in [7, 11) is -10.0. The van der Waals surface area contributed by atoms with Crippen molar-refractivity contribution in [3.05, 3.63) is 25.3 Å². The summed E-state index contributed by atoms with van der Waals surface area (Å²) in [6.45, 7) is -1.56. The molecule has 10 atom stereocenters. The molecule has 44 heavy (non-hydrogen) atoms. The van der Waals surface area contributed by atoms with Gasteiger partial charge in [0.25, 0.3) is 0 Å². The Morgan fingerprint density at radius 2 is 1.11 bits per heavy atom. The van der Waals surface area contributed by atoms with E-state index in [-0.39, 0.29) is 34.0 Å². The number of phosphoric ester groups is 2. The molecule has 0 bridgehead atoms. The van der Waals surface area contributed by atoms with Gasteiger partial charge in [-0.1, -0.05) is 0 Å². The lowest BCUT2D eigenvalue weighted by molar-refractivity contribution is -0.0664. The molecule has 8 N–H and O–H groups in total. The predicted octanol–water partition coefficient (Wildman–Crippen LogP) is -1.63. The van der Waals surface area contributed by atoms with Crippen LogP contribution < -0.4 is 11.5 Å². The highest BCUT2D eigenvalue weighted by Gasteiger charge is 2.54. The molecule has 236 valence electrons. The number of aromatic nitrogens is 8. The summed E-state index contributed by atoms with van der Waals surface area (Å²) in [6, 6.07) is 0. The molecule has 3 fully saturated rings. The molecular formula is C20H24N10O12P2. The molecule has 24 heteroatoms. The van der Waals surface area contributed by atoms with Crippen molar-refractivity contribution in [1.82, 2.24) is 39.0 Å². The highest BCUT2D eigenvalue weighted by molar-refractivity contribution is 7.47. The Morgan fingerprint density at radius 3 is 1.52 bits per heavy atom. The van der Waals surface area contributed by atoms with Crippen molar-refractivity contribution in [2.24, 2.45) is 0 Å². The normalized spacial score (nSPS) is 38.3. The number of nitrogens with two attached hydrogens (primary N) is 2. The van der Waals surface area contributed by atoms with Crippen LogP contribution in [0.15, 0.2) is 25.3 Å². The Labute approximate surface area is 244 Å². The van der Waals surface area contributed by atoms with Crippen LogP contribution in [0.5, 0.6) is 0 Å². The minimum Gasteiger partial charge on any atom is -0.386 e. The Morgan fingerprint density at radius 1 is 0.705 bits per heavy atom. The van der Waals surface area contributed by atoms with Crippen molar-refractivity contribution in [3.63, 3.8) is 0 Å². The van der Waals surface area contributed by atoms with Crippen molar-refractivity contribution in [2.45, 2.75) is 49.1 Å². The van der Waals surface area contributed by atoms with E-state index in [1.807, 2.05) is 0 Å². The van der Waals surface area contributed by atoms with Gasteiger partial charge >= 0.3 is 15.6 Å². The molecule has 0 aliphatic carbocycles. The van der Waals surface area contributed by atoms with Gasteiger partial charge in [-0.25, -0.2) is 39.0 Å². The summed E-state index contributed by atoms with van der Waals surface area (Å²) < 4.78 is 61.2. The summed E-state index contributed by atoms with van der Waals surface area (Å²) in [5, 5.41) is 22.2. The zero-order valence-electron chi connectivity index (χ0n) is 22.0. The molecule has 7 rings (SSSR count). The molecule has 0 aromatic carbocycles. The molecule has 3 aliphatic heterocycles. The van der Waals surface area contributed by atoms with E-state index in [4.69, 9.17) is 39.0 Å². The average Bonchev–Trinajstić information content (AvgIpc) is 3.73. The smallest absolute Gasteiger partial charge is 0.386 e. The van der Waals surface area contributed by atoms with Crippen LogP contribution in [0.2, 0.25) is 0 Å². The first-order chi connectivity index (χ1) is 20.9. The maximum absolute atomic E-state index is 13.1. The molecule has 3 unspecified atom stereocenters. The van der Waals surface area contributed by atoms with Gasteiger partial charge in [-0.3, -0.25) is 27.2 Å². The fourth-order valence-electron chi connectivity index (χ4n) is 5.24. The van der Waals surface area contributed by atoms with E-state index in [0.29, 0.717) is 0 Å². The first-order valence-corrected chi connectivity index (χ1v) is 15.8. The van der Waals surface area contributed by atoms with Gasteiger partial charge in [0.1, 0.15) is 60.3 Å². The highest BCUT2D eigenvalue weighted by atomic mass is 31.2. The van der Waals surface area contributed by atoms with Crippen LogP contribution in [0.3, 0.4) is 0 Å². The number of ether oxygens (including phenoxy) is 2. The van der Waals surface area contributed by atoms with Gasteiger partial charge in [0.05, 0.1) is 25.9 Å². The van der Waals surface area contributed by atoms with Crippen molar-refractivity contribution in [2.75, 3.05) is 24.7 Å². The van der Waals surface area contributed by atoms with E-state index < -0.39 is 77.9 Å². The zero-order chi connectivity index (χ0) is 31.0. The van der Waals surface area contributed by atoms with Gasteiger partial charge in [0.15, 0.2) is 35.4 Å². The molecule has 0 radical (unpaired) electrons. The third-order valence-electron chi connectivity index (χ3n) is 7.26. The third-order valence-corrected chi connectivity index (χ3v) is 9.23. The van der Waals surface area contributed by atoms with Gasteiger partial charge in [0.2, 0.25) is 0 Å². The molecule has 0 amide bonds. The summed E-state index contributed by atoms with van der Waals surface area (Å²) >= 11 is 0. The van der Waals surface area contributed by atoms with E-state index in [0.717, 1.165) is 12.7 Å². The lowest BCUT2D eigenvalue weighted by Gasteiger charge is -2.27. The van der Waals surface area contributed by atoms with Crippen molar-refractivity contribution >= 4 is 49.6 Å². The molecule has 3 saturated heterocycles. The Bertz CT molecular complexity index is 1690. The summed E-state index contributed by atoms with van der Waals surface area (Å²) in [6.07, 6.45) is -7.30. The number of fused-ring (bicyclic) bond motifs is 4. The van der Waals surface area contributed by atoms with Crippen LogP contribution in [0.4, 0.5) is 11.6 Å². The SMILES string of the molecule is Nc1ncnc2c1ncn2[C@@H]1O[C@H]2COP(=O)(O)O[C@H]3[C@H](O)[C@H](n4cnc5c(N)ncnc54)O[C@H]3COP(=O)(O)O[C@H]2C1O. The first-order valence-electron chi connectivity index (χ1n) is 12.8. The quantitative estimate of drug-likeness (QED) is 0.132. The summed E-state index contributed by atoms with van der Waals surface area (Å²) in [4.78, 5) is 45.3. The number of aliphatic hydroxyl groups excluding tert-OH is 2. The lowest BCUT2D eigenvalue weighted by atomic mass is 10.1. The largest absolute Gasteiger partial charge is 0.472 e. The number of anilines is 2. The second-order valence-electron chi connectivity index (χ2n) is 9.95. The van der Waals surface area contributed by atoms with Gasteiger partial charge in [-0.15, -0.1) is 0 Å². The second-order valence-corrected chi connectivity index (χ2v) is 12.8. The molecule has 0 saturated carbocycles. The highest BCUT2D eigenvalue weighted by Crippen LogP contribution is 2.53. The molecule has 3 aliphatic rings. The fourth-order valence-corrected chi connectivity index (χ4v) is 7.17.